The van der Waals surface area contributed by atoms with E-state index in [0.717, 1.165) is 17.1 Å². The summed E-state index contributed by atoms with van der Waals surface area (Å²) in [6, 6.07) is 11.4. The third kappa shape index (κ3) is 4.33. The van der Waals surface area contributed by atoms with Crippen molar-refractivity contribution in [2.45, 2.75) is 23.9 Å². The summed E-state index contributed by atoms with van der Waals surface area (Å²) in [6.45, 7) is 2.35. The van der Waals surface area contributed by atoms with E-state index in [-0.39, 0.29) is 11.2 Å². The molecule has 0 saturated heterocycles. The first-order valence-electron chi connectivity index (χ1n) is 8.47. The van der Waals surface area contributed by atoms with Gasteiger partial charge in [0.1, 0.15) is 11.5 Å². The Labute approximate surface area is 162 Å². The summed E-state index contributed by atoms with van der Waals surface area (Å²) in [7, 11) is 5.12. The van der Waals surface area contributed by atoms with Gasteiger partial charge in [-0.1, -0.05) is 11.8 Å². The van der Waals surface area contributed by atoms with Gasteiger partial charge in [0.2, 0.25) is 5.91 Å². The monoisotopic (exact) mass is 386 g/mol. The molecule has 0 aliphatic carbocycles. The second-order valence-corrected chi connectivity index (χ2v) is 7.50. The summed E-state index contributed by atoms with van der Waals surface area (Å²) in [4.78, 5) is 13.8. The van der Waals surface area contributed by atoms with Gasteiger partial charge in [0.25, 0.3) is 0 Å². The second kappa shape index (κ2) is 8.30. The van der Waals surface area contributed by atoms with Crippen LogP contribution in [0.4, 0.5) is 0 Å². The van der Waals surface area contributed by atoms with Crippen molar-refractivity contribution in [3.63, 3.8) is 0 Å². The van der Waals surface area contributed by atoms with Crippen molar-refractivity contribution >= 4 is 17.7 Å². The molecule has 2 aromatic heterocycles. The lowest BCUT2D eigenvalue weighted by atomic mass is 10.2. The van der Waals surface area contributed by atoms with E-state index in [1.54, 1.807) is 32.4 Å². The Hall–Kier alpha value is -2.74. The molecule has 1 unspecified atom stereocenters. The van der Waals surface area contributed by atoms with Gasteiger partial charge >= 0.3 is 0 Å². The third-order valence-electron chi connectivity index (χ3n) is 4.03. The number of hydrogen-bond donors (Lipinski definition) is 0. The van der Waals surface area contributed by atoms with E-state index in [1.165, 1.54) is 11.8 Å². The summed E-state index contributed by atoms with van der Waals surface area (Å²) in [6.07, 6.45) is 1.64. The van der Waals surface area contributed by atoms with Crippen LogP contribution in [-0.4, -0.2) is 52.0 Å². The molecule has 3 aromatic rings. The van der Waals surface area contributed by atoms with Crippen LogP contribution in [-0.2, 0) is 11.3 Å². The summed E-state index contributed by atoms with van der Waals surface area (Å²) in [5.41, 5.74) is 0.910. The van der Waals surface area contributed by atoms with E-state index in [1.807, 2.05) is 47.9 Å². The number of thioether (sulfide) groups is 1. The average Bonchev–Trinajstić information content (AvgIpc) is 3.32. The van der Waals surface area contributed by atoms with E-state index < -0.39 is 0 Å². The number of methoxy groups -OCH3 is 1. The Kier molecular flexibility index (Phi) is 5.85. The normalized spacial score (nSPS) is 12.0. The largest absolute Gasteiger partial charge is 0.497 e. The SMILES string of the molecule is COc1ccc(-c2nnc(SC(C)C(=O)N(C)C)n2Cc2ccco2)cc1. The van der Waals surface area contributed by atoms with Crippen LogP contribution in [0.2, 0.25) is 0 Å². The lowest BCUT2D eigenvalue weighted by Gasteiger charge is -2.16. The quantitative estimate of drug-likeness (QED) is 0.581. The van der Waals surface area contributed by atoms with Crippen molar-refractivity contribution in [3.8, 4) is 17.1 Å². The number of benzene rings is 1. The van der Waals surface area contributed by atoms with E-state index >= 15 is 0 Å². The van der Waals surface area contributed by atoms with Gasteiger partial charge in [-0.25, -0.2) is 0 Å². The lowest BCUT2D eigenvalue weighted by Crippen LogP contribution is -2.29. The highest BCUT2D eigenvalue weighted by Gasteiger charge is 2.22. The van der Waals surface area contributed by atoms with Crippen LogP contribution in [0.3, 0.4) is 0 Å². The van der Waals surface area contributed by atoms with Gasteiger partial charge in [-0.2, -0.15) is 0 Å². The highest BCUT2D eigenvalue weighted by molar-refractivity contribution is 8.00. The van der Waals surface area contributed by atoms with Gasteiger partial charge < -0.3 is 14.1 Å². The Morgan fingerprint density at radius 2 is 2.00 bits per heavy atom. The zero-order valence-electron chi connectivity index (χ0n) is 15.7. The van der Waals surface area contributed by atoms with Crippen LogP contribution in [0.1, 0.15) is 12.7 Å². The maximum atomic E-state index is 12.2. The molecule has 0 spiro atoms. The van der Waals surface area contributed by atoms with Gasteiger partial charge in [-0.05, 0) is 43.3 Å². The van der Waals surface area contributed by atoms with Gasteiger partial charge in [-0.3, -0.25) is 9.36 Å². The van der Waals surface area contributed by atoms with Crippen LogP contribution >= 0.6 is 11.8 Å². The average molecular weight is 386 g/mol. The first-order chi connectivity index (χ1) is 13.0. The first kappa shape index (κ1) is 19.0. The predicted octanol–water partition coefficient (Wildman–Crippen LogP) is 3.16. The molecular formula is C19H22N4O3S. The third-order valence-corrected chi connectivity index (χ3v) is 5.10. The van der Waals surface area contributed by atoms with Crippen LogP contribution in [0.15, 0.2) is 52.2 Å². The molecule has 8 heteroatoms. The first-order valence-corrected chi connectivity index (χ1v) is 9.35. The van der Waals surface area contributed by atoms with Crippen LogP contribution in [0, 0.1) is 0 Å². The number of carbonyl (C=O) groups is 1. The molecule has 0 saturated carbocycles. The zero-order chi connectivity index (χ0) is 19.4. The van der Waals surface area contributed by atoms with E-state index in [9.17, 15) is 4.79 Å². The fourth-order valence-electron chi connectivity index (χ4n) is 2.60. The maximum absolute atomic E-state index is 12.2. The lowest BCUT2D eigenvalue weighted by molar-refractivity contribution is -0.127. The number of furan rings is 1. The van der Waals surface area contributed by atoms with Crippen LogP contribution in [0.5, 0.6) is 5.75 Å². The molecule has 27 heavy (non-hydrogen) atoms. The van der Waals surface area contributed by atoms with Crippen LogP contribution < -0.4 is 4.74 Å². The van der Waals surface area contributed by atoms with Crippen molar-refractivity contribution in [1.82, 2.24) is 19.7 Å². The number of amides is 1. The van der Waals surface area contributed by atoms with Gasteiger partial charge in [0, 0.05) is 19.7 Å². The summed E-state index contributed by atoms with van der Waals surface area (Å²) in [5, 5.41) is 9.09. The molecule has 0 aliphatic rings. The zero-order valence-corrected chi connectivity index (χ0v) is 16.6. The Morgan fingerprint density at radius 1 is 1.26 bits per heavy atom. The summed E-state index contributed by atoms with van der Waals surface area (Å²) < 4.78 is 12.7. The molecule has 142 valence electrons. The second-order valence-electron chi connectivity index (χ2n) is 6.19. The molecule has 3 rings (SSSR count). The van der Waals surface area contributed by atoms with Crippen LogP contribution in [0.25, 0.3) is 11.4 Å². The van der Waals surface area contributed by atoms with E-state index in [2.05, 4.69) is 10.2 Å². The summed E-state index contributed by atoms with van der Waals surface area (Å²) in [5.74, 6) is 2.30. The number of aromatic nitrogens is 3. The Bertz CT molecular complexity index is 888. The van der Waals surface area contributed by atoms with E-state index in [4.69, 9.17) is 9.15 Å². The molecule has 1 amide bonds. The maximum Gasteiger partial charge on any atom is 0.235 e. The van der Waals surface area contributed by atoms with Gasteiger partial charge in [0.15, 0.2) is 11.0 Å². The van der Waals surface area contributed by atoms with Crippen molar-refractivity contribution < 1.29 is 13.9 Å². The molecule has 1 atom stereocenters. The van der Waals surface area contributed by atoms with Crippen molar-refractivity contribution in [2.24, 2.45) is 0 Å². The predicted molar refractivity (Wildman–Crippen MR) is 104 cm³/mol. The molecule has 0 radical (unpaired) electrons. The number of carbonyl (C=O) groups excluding carboxylic acids is 1. The molecule has 1 aromatic carbocycles. The smallest absolute Gasteiger partial charge is 0.235 e. The minimum atomic E-state index is -0.275. The molecule has 0 bridgehead atoms. The summed E-state index contributed by atoms with van der Waals surface area (Å²) >= 11 is 1.38. The van der Waals surface area contributed by atoms with Crippen molar-refractivity contribution in [3.05, 3.63) is 48.4 Å². The van der Waals surface area contributed by atoms with Gasteiger partial charge in [-0.15, -0.1) is 10.2 Å². The number of nitrogens with zero attached hydrogens (tertiary/aromatic N) is 4. The van der Waals surface area contributed by atoms with E-state index in [0.29, 0.717) is 17.5 Å². The molecule has 0 N–H and O–H groups in total. The highest BCUT2D eigenvalue weighted by atomic mass is 32.2. The fraction of sp³-hybridized carbons (Fsp3) is 0.316. The Morgan fingerprint density at radius 3 is 2.59 bits per heavy atom. The fourth-order valence-corrected chi connectivity index (χ4v) is 3.60. The number of ether oxygens (including phenoxy) is 1. The Balaban J connectivity index is 1.95. The van der Waals surface area contributed by atoms with Crippen molar-refractivity contribution in [2.75, 3.05) is 21.2 Å². The number of hydrogen-bond acceptors (Lipinski definition) is 6. The standard InChI is InChI=1S/C19H22N4O3S/c1-13(18(24)22(2)3)27-19-21-20-17(14-7-9-15(25-4)10-8-14)23(19)12-16-6-5-11-26-16/h5-11,13H,12H2,1-4H3. The molecule has 2 heterocycles. The highest BCUT2D eigenvalue weighted by Crippen LogP contribution is 2.29. The molecule has 0 fully saturated rings. The molecule has 0 aliphatic heterocycles. The van der Waals surface area contributed by atoms with Gasteiger partial charge in [0.05, 0.1) is 25.2 Å². The molecule has 7 nitrogen and oxygen atoms in total. The van der Waals surface area contributed by atoms with Crippen molar-refractivity contribution in [1.29, 1.82) is 0 Å². The number of rotatable bonds is 7. The topological polar surface area (TPSA) is 73.4 Å². The molecular weight excluding hydrogens is 364 g/mol. The minimum Gasteiger partial charge on any atom is -0.497 e. The minimum absolute atomic E-state index is 0.0264.